The average molecular weight is 362 g/mol. The van der Waals surface area contributed by atoms with Gasteiger partial charge in [0.15, 0.2) is 0 Å². The minimum absolute atomic E-state index is 0.0145. The summed E-state index contributed by atoms with van der Waals surface area (Å²) in [5.41, 5.74) is 1.93. The molecule has 5 nitrogen and oxygen atoms in total. The first-order valence-electron chi connectivity index (χ1n) is 7.93. The highest BCUT2D eigenvalue weighted by Crippen LogP contribution is 2.31. The number of aryl methyl sites for hydroxylation is 2. The number of carbonyl (C=O) groups is 1. The third kappa shape index (κ3) is 3.29. The lowest BCUT2D eigenvalue weighted by molar-refractivity contribution is -0.126. The Hall–Kier alpha value is -2.25. The van der Waals surface area contributed by atoms with Gasteiger partial charge in [0.1, 0.15) is 11.9 Å². The van der Waals surface area contributed by atoms with Crippen LogP contribution in [0.2, 0.25) is 0 Å². The number of amides is 1. The van der Waals surface area contributed by atoms with E-state index < -0.39 is 21.9 Å². The molecule has 0 saturated carbocycles. The number of hydrogen-bond donors (Lipinski definition) is 1. The van der Waals surface area contributed by atoms with Gasteiger partial charge in [-0.15, -0.1) is 0 Å². The van der Waals surface area contributed by atoms with Gasteiger partial charge in [0.05, 0.1) is 4.90 Å². The summed E-state index contributed by atoms with van der Waals surface area (Å²) in [5.74, 6) is -0.860. The second-order valence-electron chi connectivity index (χ2n) is 6.13. The number of nitrogens with zero attached hydrogens (tertiary/aromatic N) is 1. The molecule has 132 valence electrons. The SMILES string of the molecule is Cc1ccc(C2C(=O)NCCN2S(=O)(=O)c2ccc(F)cc2C)cc1. The summed E-state index contributed by atoms with van der Waals surface area (Å²) in [6, 6.07) is 9.79. The minimum atomic E-state index is -3.94. The third-order valence-corrected chi connectivity index (χ3v) is 6.31. The van der Waals surface area contributed by atoms with Gasteiger partial charge in [0.2, 0.25) is 15.9 Å². The van der Waals surface area contributed by atoms with E-state index in [1.54, 1.807) is 19.1 Å². The molecule has 0 aromatic heterocycles. The Morgan fingerprint density at radius 1 is 1.12 bits per heavy atom. The van der Waals surface area contributed by atoms with Gasteiger partial charge in [0.25, 0.3) is 0 Å². The van der Waals surface area contributed by atoms with Crippen LogP contribution in [-0.4, -0.2) is 31.7 Å². The molecule has 1 fully saturated rings. The van der Waals surface area contributed by atoms with Crippen molar-refractivity contribution in [1.82, 2.24) is 9.62 Å². The Balaban J connectivity index is 2.08. The van der Waals surface area contributed by atoms with Crippen LogP contribution >= 0.6 is 0 Å². The molecule has 0 radical (unpaired) electrons. The predicted octanol–water partition coefficient (Wildman–Crippen LogP) is 2.30. The van der Waals surface area contributed by atoms with E-state index >= 15 is 0 Å². The van der Waals surface area contributed by atoms with E-state index in [4.69, 9.17) is 0 Å². The van der Waals surface area contributed by atoms with E-state index in [0.717, 1.165) is 11.6 Å². The van der Waals surface area contributed by atoms with Gasteiger partial charge in [-0.05, 0) is 43.2 Å². The van der Waals surface area contributed by atoms with Crippen molar-refractivity contribution in [3.8, 4) is 0 Å². The number of sulfonamides is 1. The first-order valence-corrected chi connectivity index (χ1v) is 9.37. The fourth-order valence-corrected chi connectivity index (χ4v) is 4.78. The molecule has 1 saturated heterocycles. The molecule has 25 heavy (non-hydrogen) atoms. The first kappa shape index (κ1) is 17.6. The van der Waals surface area contributed by atoms with Gasteiger partial charge in [-0.3, -0.25) is 4.79 Å². The number of piperazine rings is 1. The predicted molar refractivity (Wildman–Crippen MR) is 92.0 cm³/mol. The highest BCUT2D eigenvalue weighted by molar-refractivity contribution is 7.89. The Kier molecular flexibility index (Phi) is 4.62. The van der Waals surface area contributed by atoms with Crippen LogP contribution < -0.4 is 5.32 Å². The summed E-state index contributed by atoms with van der Waals surface area (Å²) in [4.78, 5) is 12.4. The summed E-state index contributed by atoms with van der Waals surface area (Å²) < 4.78 is 40.8. The topological polar surface area (TPSA) is 66.5 Å². The zero-order chi connectivity index (χ0) is 18.2. The second-order valence-corrected chi connectivity index (χ2v) is 7.99. The van der Waals surface area contributed by atoms with Crippen LogP contribution in [0.4, 0.5) is 4.39 Å². The molecule has 2 aromatic carbocycles. The Labute approximate surface area is 146 Å². The maximum absolute atomic E-state index is 13.3. The van der Waals surface area contributed by atoms with Gasteiger partial charge in [0, 0.05) is 13.1 Å². The molecule has 1 aliphatic heterocycles. The molecule has 1 aliphatic rings. The Morgan fingerprint density at radius 2 is 1.80 bits per heavy atom. The van der Waals surface area contributed by atoms with E-state index in [2.05, 4.69) is 5.32 Å². The van der Waals surface area contributed by atoms with Crippen LogP contribution in [0.3, 0.4) is 0 Å². The highest BCUT2D eigenvalue weighted by atomic mass is 32.2. The molecule has 1 N–H and O–H groups in total. The summed E-state index contributed by atoms with van der Waals surface area (Å²) in [7, 11) is -3.94. The van der Waals surface area contributed by atoms with Crippen LogP contribution in [0.15, 0.2) is 47.4 Å². The van der Waals surface area contributed by atoms with E-state index in [1.165, 1.54) is 16.4 Å². The van der Waals surface area contributed by atoms with E-state index in [-0.39, 0.29) is 23.9 Å². The summed E-state index contributed by atoms with van der Waals surface area (Å²) in [6.07, 6.45) is 0. The van der Waals surface area contributed by atoms with E-state index in [1.807, 2.05) is 19.1 Å². The Bertz CT molecular complexity index is 910. The van der Waals surface area contributed by atoms with Crippen LogP contribution in [0.1, 0.15) is 22.7 Å². The van der Waals surface area contributed by atoms with Gasteiger partial charge in [-0.25, -0.2) is 12.8 Å². The molecular formula is C18H19FN2O3S. The van der Waals surface area contributed by atoms with Crippen molar-refractivity contribution in [3.63, 3.8) is 0 Å². The second kappa shape index (κ2) is 6.57. The normalized spacial score (nSPS) is 18.8. The summed E-state index contributed by atoms with van der Waals surface area (Å²) in [5, 5.41) is 2.72. The number of nitrogens with one attached hydrogen (secondary N) is 1. The maximum Gasteiger partial charge on any atom is 0.244 e. The fraction of sp³-hybridized carbons (Fsp3) is 0.278. The molecule has 1 atom stereocenters. The lowest BCUT2D eigenvalue weighted by Gasteiger charge is -2.34. The highest BCUT2D eigenvalue weighted by Gasteiger charge is 2.39. The van der Waals surface area contributed by atoms with E-state index in [9.17, 15) is 17.6 Å². The number of rotatable bonds is 3. The number of hydrogen-bond acceptors (Lipinski definition) is 3. The van der Waals surface area contributed by atoms with Crippen molar-refractivity contribution in [1.29, 1.82) is 0 Å². The standard InChI is InChI=1S/C18H19FN2O3S/c1-12-3-5-14(6-4-12)17-18(22)20-9-10-21(17)25(23,24)16-8-7-15(19)11-13(16)2/h3-8,11,17H,9-10H2,1-2H3,(H,20,22). The van der Waals surface area contributed by atoms with Crippen molar-refractivity contribution >= 4 is 15.9 Å². The maximum atomic E-state index is 13.3. The smallest absolute Gasteiger partial charge is 0.244 e. The van der Waals surface area contributed by atoms with Crippen molar-refractivity contribution in [2.24, 2.45) is 0 Å². The van der Waals surface area contributed by atoms with E-state index in [0.29, 0.717) is 11.1 Å². The summed E-state index contributed by atoms with van der Waals surface area (Å²) >= 11 is 0. The molecule has 1 heterocycles. The molecule has 0 bridgehead atoms. The minimum Gasteiger partial charge on any atom is -0.353 e. The zero-order valence-electron chi connectivity index (χ0n) is 14.0. The van der Waals surface area contributed by atoms with Crippen LogP contribution in [0, 0.1) is 19.7 Å². The quantitative estimate of drug-likeness (QED) is 0.911. The van der Waals surface area contributed by atoms with Gasteiger partial charge in [-0.1, -0.05) is 29.8 Å². The largest absolute Gasteiger partial charge is 0.353 e. The van der Waals surface area contributed by atoms with Crippen LogP contribution in [0.5, 0.6) is 0 Å². The lowest BCUT2D eigenvalue weighted by atomic mass is 10.0. The number of halogens is 1. The van der Waals surface area contributed by atoms with Crippen molar-refractivity contribution in [2.45, 2.75) is 24.8 Å². The zero-order valence-corrected chi connectivity index (χ0v) is 14.8. The lowest BCUT2D eigenvalue weighted by Crippen LogP contribution is -2.52. The molecule has 2 aromatic rings. The fourth-order valence-electron chi connectivity index (χ4n) is 3.00. The monoisotopic (exact) mass is 362 g/mol. The molecule has 3 rings (SSSR count). The molecule has 1 amide bonds. The first-order chi connectivity index (χ1) is 11.8. The summed E-state index contributed by atoms with van der Waals surface area (Å²) in [6.45, 7) is 3.85. The van der Waals surface area contributed by atoms with Gasteiger partial charge < -0.3 is 5.32 Å². The Morgan fingerprint density at radius 3 is 2.44 bits per heavy atom. The average Bonchev–Trinajstić information content (AvgIpc) is 2.55. The number of benzene rings is 2. The molecule has 1 unspecified atom stereocenters. The van der Waals surface area contributed by atoms with Gasteiger partial charge >= 0.3 is 0 Å². The molecular weight excluding hydrogens is 343 g/mol. The van der Waals surface area contributed by atoms with Crippen LogP contribution in [0.25, 0.3) is 0 Å². The van der Waals surface area contributed by atoms with Crippen molar-refractivity contribution in [2.75, 3.05) is 13.1 Å². The third-order valence-electron chi connectivity index (χ3n) is 4.28. The van der Waals surface area contributed by atoms with Crippen LogP contribution in [-0.2, 0) is 14.8 Å². The van der Waals surface area contributed by atoms with Crippen molar-refractivity contribution in [3.05, 3.63) is 65.0 Å². The molecule has 7 heteroatoms. The molecule has 0 aliphatic carbocycles. The number of carbonyl (C=O) groups excluding carboxylic acids is 1. The van der Waals surface area contributed by atoms with Crippen molar-refractivity contribution < 1.29 is 17.6 Å². The molecule has 0 spiro atoms. The van der Waals surface area contributed by atoms with Gasteiger partial charge in [-0.2, -0.15) is 4.31 Å².